The van der Waals surface area contributed by atoms with E-state index < -0.39 is 9.84 Å². The minimum Gasteiger partial charge on any atom is -0.322 e. The highest BCUT2D eigenvalue weighted by atomic mass is 32.2. The molecule has 1 aromatic rings. The summed E-state index contributed by atoms with van der Waals surface area (Å²) in [6.45, 7) is 2.08. The lowest BCUT2D eigenvalue weighted by atomic mass is 10.2. The summed E-state index contributed by atoms with van der Waals surface area (Å²) >= 11 is 0. The van der Waals surface area contributed by atoms with Gasteiger partial charge < -0.3 is 5.73 Å². The fourth-order valence-electron chi connectivity index (χ4n) is 1.92. The second-order valence-electron chi connectivity index (χ2n) is 4.14. The number of tetrazole rings is 1. The van der Waals surface area contributed by atoms with Gasteiger partial charge in [-0.05, 0) is 30.2 Å². The molecular formula is C8H15N5O2S. The van der Waals surface area contributed by atoms with Crippen molar-refractivity contribution in [1.29, 1.82) is 0 Å². The standard InChI is InChI=1S/C8H15N5O2S/c1-6(9)8-10-11-12-13(8)5-7-3-2-4-16(7,14)15/h6-7H,2-5,9H2,1H3. The molecule has 0 amide bonds. The molecule has 2 heterocycles. The Morgan fingerprint density at radius 3 is 2.94 bits per heavy atom. The van der Waals surface area contributed by atoms with Crippen molar-refractivity contribution in [1.82, 2.24) is 20.2 Å². The number of hydrogen-bond acceptors (Lipinski definition) is 6. The smallest absolute Gasteiger partial charge is 0.167 e. The van der Waals surface area contributed by atoms with Gasteiger partial charge in [-0.3, -0.25) is 0 Å². The second kappa shape index (κ2) is 4.10. The summed E-state index contributed by atoms with van der Waals surface area (Å²) in [5, 5.41) is 10.7. The van der Waals surface area contributed by atoms with Crippen LogP contribution in [0.1, 0.15) is 31.6 Å². The summed E-state index contributed by atoms with van der Waals surface area (Å²) in [6, 6.07) is -0.292. The summed E-state index contributed by atoms with van der Waals surface area (Å²) < 4.78 is 24.8. The maximum Gasteiger partial charge on any atom is 0.167 e. The maximum absolute atomic E-state index is 11.7. The Morgan fingerprint density at radius 2 is 2.38 bits per heavy atom. The Balaban J connectivity index is 2.18. The Morgan fingerprint density at radius 1 is 1.62 bits per heavy atom. The lowest BCUT2D eigenvalue weighted by Gasteiger charge is -2.11. The van der Waals surface area contributed by atoms with Gasteiger partial charge in [0.1, 0.15) is 0 Å². The van der Waals surface area contributed by atoms with Crippen LogP contribution in [-0.4, -0.2) is 39.6 Å². The monoisotopic (exact) mass is 245 g/mol. The van der Waals surface area contributed by atoms with Gasteiger partial charge in [0.15, 0.2) is 15.7 Å². The zero-order valence-electron chi connectivity index (χ0n) is 9.07. The molecule has 1 saturated heterocycles. The van der Waals surface area contributed by atoms with E-state index in [-0.39, 0.29) is 17.0 Å². The summed E-state index contributed by atoms with van der Waals surface area (Å²) in [6.07, 6.45) is 1.41. The number of nitrogens with two attached hydrogens (primary N) is 1. The van der Waals surface area contributed by atoms with Gasteiger partial charge in [0.25, 0.3) is 0 Å². The van der Waals surface area contributed by atoms with Crippen molar-refractivity contribution in [2.45, 2.75) is 37.6 Å². The maximum atomic E-state index is 11.7. The topological polar surface area (TPSA) is 104 Å². The molecule has 1 aliphatic rings. The molecule has 1 aliphatic heterocycles. The first-order valence-corrected chi connectivity index (χ1v) is 6.95. The highest BCUT2D eigenvalue weighted by molar-refractivity contribution is 7.92. The summed E-state index contributed by atoms with van der Waals surface area (Å²) in [5.74, 6) is 0.801. The molecule has 2 unspecified atom stereocenters. The van der Waals surface area contributed by atoms with Gasteiger partial charge in [-0.2, -0.15) is 0 Å². The normalized spacial score (nSPS) is 25.8. The largest absolute Gasteiger partial charge is 0.322 e. The van der Waals surface area contributed by atoms with Gasteiger partial charge >= 0.3 is 0 Å². The Hall–Kier alpha value is -1.02. The molecule has 2 atom stereocenters. The Labute approximate surface area is 93.9 Å². The minimum atomic E-state index is -2.96. The van der Waals surface area contributed by atoms with Crippen LogP contribution in [0.25, 0.3) is 0 Å². The molecule has 0 aromatic carbocycles. The fourth-order valence-corrected chi connectivity index (χ4v) is 3.72. The van der Waals surface area contributed by atoms with Crippen molar-refractivity contribution in [3.8, 4) is 0 Å². The van der Waals surface area contributed by atoms with Gasteiger partial charge in [-0.15, -0.1) is 5.10 Å². The lowest BCUT2D eigenvalue weighted by molar-refractivity contribution is 0.506. The number of rotatable bonds is 3. The van der Waals surface area contributed by atoms with Gasteiger partial charge in [0.2, 0.25) is 0 Å². The number of nitrogens with zero attached hydrogens (tertiary/aromatic N) is 4. The van der Waals surface area contributed by atoms with Crippen LogP contribution < -0.4 is 5.73 Å². The number of sulfone groups is 1. The van der Waals surface area contributed by atoms with E-state index in [1.165, 1.54) is 4.68 Å². The molecule has 90 valence electrons. The van der Waals surface area contributed by atoms with Crippen LogP contribution in [0.5, 0.6) is 0 Å². The van der Waals surface area contributed by atoms with Crippen molar-refractivity contribution in [3.05, 3.63) is 5.82 Å². The quantitative estimate of drug-likeness (QED) is 0.753. The summed E-state index contributed by atoms with van der Waals surface area (Å²) in [7, 11) is -2.96. The van der Waals surface area contributed by atoms with E-state index in [1.807, 2.05) is 0 Å². The predicted octanol–water partition coefficient (Wildman–Crippen LogP) is -0.730. The molecule has 16 heavy (non-hydrogen) atoms. The highest BCUT2D eigenvalue weighted by Crippen LogP contribution is 2.21. The third-order valence-electron chi connectivity index (χ3n) is 2.81. The molecule has 1 aromatic heterocycles. The highest BCUT2D eigenvalue weighted by Gasteiger charge is 2.32. The van der Waals surface area contributed by atoms with E-state index in [2.05, 4.69) is 15.5 Å². The molecule has 2 rings (SSSR count). The zero-order chi connectivity index (χ0) is 11.8. The molecule has 0 aliphatic carbocycles. The van der Waals surface area contributed by atoms with E-state index in [4.69, 9.17) is 5.73 Å². The van der Waals surface area contributed by atoms with Crippen molar-refractivity contribution in [2.75, 3.05) is 5.75 Å². The second-order valence-corrected chi connectivity index (χ2v) is 6.54. The van der Waals surface area contributed by atoms with Gasteiger partial charge in [-0.25, -0.2) is 13.1 Å². The third-order valence-corrected chi connectivity index (χ3v) is 5.06. The first-order valence-electron chi connectivity index (χ1n) is 5.24. The molecule has 1 fully saturated rings. The molecule has 8 heteroatoms. The van der Waals surface area contributed by atoms with Gasteiger partial charge in [-0.1, -0.05) is 0 Å². The van der Waals surface area contributed by atoms with Crippen LogP contribution in [-0.2, 0) is 16.4 Å². The van der Waals surface area contributed by atoms with E-state index in [9.17, 15) is 8.42 Å². The fraction of sp³-hybridized carbons (Fsp3) is 0.875. The Kier molecular flexibility index (Phi) is 2.94. The van der Waals surface area contributed by atoms with Crippen LogP contribution in [0.3, 0.4) is 0 Å². The third kappa shape index (κ3) is 2.07. The van der Waals surface area contributed by atoms with Crippen molar-refractivity contribution >= 4 is 9.84 Å². The van der Waals surface area contributed by atoms with E-state index in [1.54, 1.807) is 6.92 Å². The molecule has 7 nitrogen and oxygen atoms in total. The van der Waals surface area contributed by atoms with E-state index in [0.717, 1.165) is 6.42 Å². The lowest BCUT2D eigenvalue weighted by Crippen LogP contribution is -2.25. The van der Waals surface area contributed by atoms with E-state index >= 15 is 0 Å². The van der Waals surface area contributed by atoms with E-state index in [0.29, 0.717) is 18.8 Å². The van der Waals surface area contributed by atoms with Crippen molar-refractivity contribution in [2.24, 2.45) is 5.73 Å². The van der Waals surface area contributed by atoms with Crippen LogP contribution in [0.2, 0.25) is 0 Å². The molecule has 0 spiro atoms. The average molecular weight is 245 g/mol. The summed E-state index contributed by atoms with van der Waals surface area (Å²) in [4.78, 5) is 0. The first-order chi connectivity index (χ1) is 7.50. The molecule has 0 saturated carbocycles. The SMILES string of the molecule is CC(N)c1nnnn1CC1CCCS1(=O)=O. The summed E-state index contributed by atoms with van der Waals surface area (Å²) in [5.41, 5.74) is 5.69. The molecule has 0 radical (unpaired) electrons. The Bertz CT molecular complexity index is 467. The van der Waals surface area contributed by atoms with Crippen LogP contribution in [0, 0.1) is 0 Å². The zero-order valence-corrected chi connectivity index (χ0v) is 9.89. The molecule has 2 N–H and O–H groups in total. The van der Waals surface area contributed by atoms with Crippen LogP contribution >= 0.6 is 0 Å². The number of aromatic nitrogens is 4. The molecule has 0 bridgehead atoms. The minimum absolute atomic E-state index is 0.271. The van der Waals surface area contributed by atoms with Crippen LogP contribution in [0.15, 0.2) is 0 Å². The number of hydrogen-bond donors (Lipinski definition) is 1. The predicted molar refractivity (Wildman–Crippen MR) is 57.2 cm³/mol. The van der Waals surface area contributed by atoms with Gasteiger partial charge in [0.05, 0.1) is 23.6 Å². The molecular weight excluding hydrogens is 230 g/mol. The van der Waals surface area contributed by atoms with Gasteiger partial charge in [0, 0.05) is 0 Å². The average Bonchev–Trinajstić information content (AvgIpc) is 2.74. The van der Waals surface area contributed by atoms with Crippen LogP contribution in [0.4, 0.5) is 0 Å². The first kappa shape index (κ1) is 11.5. The van der Waals surface area contributed by atoms with Crippen molar-refractivity contribution in [3.63, 3.8) is 0 Å². The van der Waals surface area contributed by atoms with Crippen molar-refractivity contribution < 1.29 is 8.42 Å².